The minimum atomic E-state index is 0.0640. The molecule has 192 valence electrons. The van der Waals surface area contributed by atoms with Crippen molar-refractivity contribution in [3.05, 3.63) is 76.2 Å². The number of nitrogens with zero attached hydrogens (tertiary/aromatic N) is 4. The Hall–Kier alpha value is -3.43. The van der Waals surface area contributed by atoms with Crippen molar-refractivity contribution in [1.82, 2.24) is 19.8 Å². The third-order valence-electron chi connectivity index (χ3n) is 8.15. The van der Waals surface area contributed by atoms with Crippen molar-refractivity contribution in [2.45, 2.75) is 64.8 Å². The molecule has 2 aromatic carbocycles. The van der Waals surface area contributed by atoms with E-state index in [0.717, 1.165) is 54.3 Å². The molecule has 0 aliphatic carbocycles. The highest BCUT2D eigenvalue weighted by Crippen LogP contribution is 2.34. The summed E-state index contributed by atoms with van der Waals surface area (Å²) in [4.78, 5) is 26.4. The number of hydrogen-bond acceptors (Lipinski definition) is 4. The van der Waals surface area contributed by atoms with Crippen molar-refractivity contribution in [2.24, 2.45) is 0 Å². The Morgan fingerprint density at radius 1 is 1.03 bits per heavy atom. The van der Waals surface area contributed by atoms with Crippen molar-refractivity contribution < 1.29 is 4.79 Å². The molecule has 1 aromatic heterocycles. The van der Waals surface area contributed by atoms with Gasteiger partial charge in [-0.05, 0) is 95.9 Å². The summed E-state index contributed by atoms with van der Waals surface area (Å²) >= 11 is 0. The van der Waals surface area contributed by atoms with Crippen LogP contribution < -0.4 is 0 Å². The molecule has 3 heterocycles. The average Bonchev–Trinajstić information content (AvgIpc) is 3.24. The number of benzene rings is 2. The number of nitriles is 1. The number of amides is 1. The number of hydrogen-bond donors (Lipinski definition) is 1. The lowest BCUT2D eigenvalue weighted by Gasteiger charge is -2.40. The maximum atomic E-state index is 13.3. The Morgan fingerprint density at radius 2 is 1.70 bits per heavy atom. The first-order chi connectivity index (χ1) is 17.6. The van der Waals surface area contributed by atoms with Crippen molar-refractivity contribution in [3.8, 4) is 17.3 Å². The number of carbonyl (C=O) groups is 1. The van der Waals surface area contributed by atoms with Crippen LogP contribution in [0.4, 0.5) is 0 Å². The Bertz CT molecular complexity index is 1330. The van der Waals surface area contributed by atoms with Crippen LogP contribution in [0.3, 0.4) is 0 Å². The summed E-state index contributed by atoms with van der Waals surface area (Å²) in [6, 6.07) is 15.8. The molecule has 0 atom stereocenters. The Kier molecular flexibility index (Phi) is 6.68. The van der Waals surface area contributed by atoms with Crippen molar-refractivity contribution in [2.75, 3.05) is 26.2 Å². The van der Waals surface area contributed by atoms with Crippen molar-refractivity contribution in [1.29, 1.82) is 5.26 Å². The third-order valence-corrected chi connectivity index (χ3v) is 8.15. The number of likely N-dealkylation sites (tertiary alicyclic amines) is 2. The van der Waals surface area contributed by atoms with Gasteiger partial charge < -0.3 is 9.88 Å². The van der Waals surface area contributed by atoms with Gasteiger partial charge in [0.2, 0.25) is 0 Å². The molecule has 1 N–H and O–H groups in total. The van der Waals surface area contributed by atoms with Crippen LogP contribution in [-0.2, 0) is 0 Å². The molecule has 2 fully saturated rings. The van der Waals surface area contributed by atoms with E-state index < -0.39 is 0 Å². The van der Waals surface area contributed by atoms with Gasteiger partial charge in [-0.15, -0.1) is 0 Å². The van der Waals surface area contributed by atoms with E-state index in [9.17, 15) is 4.79 Å². The summed E-state index contributed by atoms with van der Waals surface area (Å²) in [6.07, 6.45) is 2.22. The van der Waals surface area contributed by atoms with E-state index in [2.05, 4.69) is 50.6 Å². The monoisotopic (exact) mass is 495 g/mol. The summed E-state index contributed by atoms with van der Waals surface area (Å²) < 4.78 is 0. The number of aryl methyl sites for hydroxylation is 2. The molecule has 5 rings (SSSR count). The molecule has 2 saturated heterocycles. The van der Waals surface area contributed by atoms with Crippen molar-refractivity contribution in [3.63, 3.8) is 0 Å². The van der Waals surface area contributed by atoms with Gasteiger partial charge in [-0.2, -0.15) is 5.26 Å². The lowest BCUT2D eigenvalue weighted by Crippen LogP contribution is -2.48. The lowest BCUT2D eigenvalue weighted by atomic mass is 9.90. The fraction of sp³-hybridized carbons (Fsp3) is 0.452. The molecular formula is C31H37N5O. The first kappa shape index (κ1) is 25.2. The van der Waals surface area contributed by atoms with Crippen molar-refractivity contribution >= 4 is 5.91 Å². The van der Waals surface area contributed by atoms with E-state index in [-0.39, 0.29) is 11.4 Å². The number of piperidine rings is 1. The van der Waals surface area contributed by atoms with Crippen LogP contribution in [0.25, 0.3) is 11.3 Å². The minimum Gasteiger partial charge on any atom is -0.345 e. The molecule has 0 bridgehead atoms. The number of imidazole rings is 1. The summed E-state index contributed by atoms with van der Waals surface area (Å²) in [6.45, 7) is 14.6. The van der Waals surface area contributed by atoms with Crippen LogP contribution in [-0.4, -0.2) is 57.4 Å². The van der Waals surface area contributed by atoms with E-state index in [1.54, 1.807) is 0 Å². The molecule has 1 amide bonds. The Labute approximate surface area is 220 Å². The molecule has 6 nitrogen and oxygen atoms in total. The molecule has 2 aliphatic rings. The quantitative estimate of drug-likeness (QED) is 0.498. The fourth-order valence-corrected chi connectivity index (χ4v) is 5.64. The van der Waals surface area contributed by atoms with Gasteiger partial charge in [-0.25, -0.2) is 4.98 Å². The molecule has 37 heavy (non-hydrogen) atoms. The number of aromatic amines is 1. The number of rotatable bonds is 4. The molecule has 0 spiro atoms. The Morgan fingerprint density at radius 3 is 2.32 bits per heavy atom. The second-order valence-electron chi connectivity index (χ2n) is 11.7. The number of nitrogens with one attached hydrogen (secondary N) is 1. The van der Waals surface area contributed by atoms with Gasteiger partial charge >= 0.3 is 0 Å². The zero-order valence-electron chi connectivity index (χ0n) is 22.6. The summed E-state index contributed by atoms with van der Waals surface area (Å²) in [5.74, 6) is 1.90. The summed E-state index contributed by atoms with van der Waals surface area (Å²) in [5, 5.41) is 9.01. The van der Waals surface area contributed by atoms with Gasteiger partial charge in [-0.3, -0.25) is 9.69 Å². The van der Waals surface area contributed by atoms with Crippen LogP contribution in [0.2, 0.25) is 0 Å². The van der Waals surface area contributed by atoms with Gasteiger partial charge in [-0.1, -0.05) is 18.2 Å². The number of aromatic nitrogens is 2. The van der Waals surface area contributed by atoms with Crippen LogP contribution in [0.5, 0.6) is 0 Å². The third kappa shape index (κ3) is 5.06. The predicted molar refractivity (Wildman–Crippen MR) is 147 cm³/mol. The number of H-pyrrole nitrogens is 1. The molecule has 6 heteroatoms. The second-order valence-corrected chi connectivity index (χ2v) is 11.7. The predicted octanol–water partition coefficient (Wildman–Crippen LogP) is 5.78. The van der Waals surface area contributed by atoms with Crippen LogP contribution in [0, 0.1) is 25.2 Å². The molecule has 2 aliphatic heterocycles. The van der Waals surface area contributed by atoms with Gasteiger partial charge in [0.15, 0.2) is 0 Å². The normalized spacial score (nSPS) is 17.5. The summed E-state index contributed by atoms with van der Waals surface area (Å²) in [7, 11) is 0. The Balaban J connectivity index is 1.29. The SMILES string of the molecule is Cc1ccc(C(=O)N2CC(c3ccc(C#N)cc3)C2)cc1-c1nc(C2CCN(C(C)(C)C)CC2)[nH]c1C. The largest absolute Gasteiger partial charge is 0.345 e. The zero-order valence-corrected chi connectivity index (χ0v) is 22.6. The molecule has 3 aromatic rings. The zero-order chi connectivity index (χ0) is 26.3. The first-order valence-corrected chi connectivity index (χ1v) is 13.4. The molecule has 0 saturated carbocycles. The number of carbonyl (C=O) groups excluding carboxylic acids is 1. The van der Waals surface area contributed by atoms with E-state index in [1.165, 1.54) is 5.56 Å². The highest BCUT2D eigenvalue weighted by molar-refractivity contribution is 5.96. The van der Waals surface area contributed by atoms with E-state index in [4.69, 9.17) is 10.2 Å². The molecule has 0 radical (unpaired) electrons. The molecular weight excluding hydrogens is 458 g/mol. The van der Waals surface area contributed by atoms with E-state index in [1.807, 2.05) is 47.4 Å². The smallest absolute Gasteiger partial charge is 0.253 e. The second kappa shape index (κ2) is 9.79. The first-order valence-electron chi connectivity index (χ1n) is 13.4. The average molecular weight is 496 g/mol. The van der Waals surface area contributed by atoms with E-state index >= 15 is 0 Å². The van der Waals surface area contributed by atoms with Crippen LogP contribution >= 0.6 is 0 Å². The lowest BCUT2D eigenvalue weighted by molar-refractivity contribution is 0.0602. The maximum Gasteiger partial charge on any atom is 0.253 e. The summed E-state index contributed by atoms with van der Waals surface area (Å²) in [5.41, 5.74) is 6.93. The van der Waals surface area contributed by atoms with Gasteiger partial charge in [0.1, 0.15) is 5.82 Å². The van der Waals surface area contributed by atoms with Crippen LogP contribution in [0.1, 0.15) is 84.0 Å². The highest BCUT2D eigenvalue weighted by atomic mass is 16.2. The fourth-order valence-electron chi connectivity index (χ4n) is 5.64. The van der Waals surface area contributed by atoms with Crippen LogP contribution in [0.15, 0.2) is 42.5 Å². The van der Waals surface area contributed by atoms with Gasteiger partial charge in [0.25, 0.3) is 5.91 Å². The van der Waals surface area contributed by atoms with Gasteiger partial charge in [0.05, 0.1) is 17.3 Å². The highest BCUT2D eigenvalue weighted by Gasteiger charge is 2.33. The van der Waals surface area contributed by atoms with Gasteiger partial charge in [0, 0.05) is 47.3 Å². The molecule has 0 unspecified atom stereocenters. The topological polar surface area (TPSA) is 76.0 Å². The standard InChI is InChI=1S/C31H37N5O/c1-20-6-9-25(30(37)35-18-26(19-35)23-10-7-22(17-32)8-11-23)16-27(20)28-21(2)33-29(34-28)24-12-14-36(15-13-24)31(3,4)5/h6-11,16,24,26H,12-15,18-19H2,1-5H3,(H,33,34). The van der Waals surface area contributed by atoms with E-state index in [0.29, 0.717) is 36.1 Å². The maximum absolute atomic E-state index is 13.3. The minimum absolute atomic E-state index is 0.0640.